The fourth-order valence-corrected chi connectivity index (χ4v) is 3.30. The maximum atomic E-state index is 12.9. The highest BCUT2D eigenvalue weighted by Crippen LogP contribution is 2.27. The molecule has 1 fully saturated rings. The first-order valence-electron chi connectivity index (χ1n) is 7.87. The first kappa shape index (κ1) is 17.8. The highest BCUT2D eigenvalue weighted by atomic mass is 35.5. The van der Waals surface area contributed by atoms with Crippen molar-refractivity contribution in [3.63, 3.8) is 0 Å². The van der Waals surface area contributed by atoms with Gasteiger partial charge in [0.2, 0.25) is 5.91 Å². The highest BCUT2D eigenvalue weighted by Gasteiger charge is 2.35. The van der Waals surface area contributed by atoms with Crippen LogP contribution >= 0.6 is 11.6 Å². The van der Waals surface area contributed by atoms with Crippen molar-refractivity contribution in [2.45, 2.75) is 37.8 Å². The van der Waals surface area contributed by atoms with Crippen molar-refractivity contribution >= 4 is 23.4 Å². The Morgan fingerprint density at radius 3 is 2.78 bits per heavy atom. The van der Waals surface area contributed by atoms with Crippen molar-refractivity contribution in [1.29, 1.82) is 0 Å². The standard InChI is InChI=1S/C17H23ClN2O3/c1-19-16(21)10-9-14-15(23-2)8-5-11-20(14)17(22)12-6-3-4-7-13(12)18/h3-4,6-7,14-15H,5,8-11H2,1-2H3,(H,19,21)/t14-,15-/m0/s1. The largest absolute Gasteiger partial charge is 0.379 e. The average Bonchev–Trinajstić information content (AvgIpc) is 2.59. The van der Waals surface area contributed by atoms with Gasteiger partial charge in [0.05, 0.1) is 22.7 Å². The summed E-state index contributed by atoms with van der Waals surface area (Å²) in [5, 5.41) is 3.06. The molecule has 6 heteroatoms. The zero-order chi connectivity index (χ0) is 16.8. The summed E-state index contributed by atoms with van der Waals surface area (Å²) in [6.07, 6.45) is 2.66. The van der Waals surface area contributed by atoms with E-state index in [1.54, 1.807) is 38.4 Å². The van der Waals surface area contributed by atoms with Crippen LogP contribution in [0.15, 0.2) is 24.3 Å². The molecule has 1 aromatic rings. The number of rotatable bonds is 5. The summed E-state index contributed by atoms with van der Waals surface area (Å²) in [6.45, 7) is 0.655. The van der Waals surface area contributed by atoms with Gasteiger partial charge in [-0.25, -0.2) is 0 Å². The van der Waals surface area contributed by atoms with Crippen LogP contribution in [-0.2, 0) is 9.53 Å². The second-order valence-electron chi connectivity index (χ2n) is 5.67. The minimum Gasteiger partial charge on any atom is -0.379 e. The van der Waals surface area contributed by atoms with Crippen LogP contribution in [0.1, 0.15) is 36.0 Å². The average molecular weight is 339 g/mol. The number of amides is 2. The molecule has 0 saturated carbocycles. The predicted molar refractivity (Wildman–Crippen MR) is 89.6 cm³/mol. The van der Waals surface area contributed by atoms with Crippen LogP contribution in [0.25, 0.3) is 0 Å². The number of carbonyl (C=O) groups excluding carboxylic acids is 2. The van der Waals surface area contributed by atoms with Gasteiger partial charge in [-0.15, -0.1) is 0 Å². The van der Waals surface area contributed by atoms with Gasteiger partial charge in [0.1, 0.15) is 0 Å². The smallest absolute Gasteiger partial charge is 0.255 e. The molecule has 2 atom stereocenters. The SMILES string of the molecule is CNC(=O)CC[C@H]1[C@@H](OC)CCCN1C(=O)c1ccccc1Cl. The third kappa shape index (κ3) is 4.24. The number of methoxy groups -OCH3 is 1. The number of ether oxygens (including phenoxy) is 1. The molecule has 1 saturated heterocycles. The molecule has 1 heterocycles. The molecule has 0 aromatic heterocycles. The third-order valence-corrected chi connectivity index (χ3v) is 4.66. The molecule has 0 aliphatic carbocycles. The number of hydrogen-bond donors (Lipinski definition) is 1. The number of nitrogens with one attached hydrogen (secondary N) is 1. The lowest BCUT2D eigenvalue weighted by Gasteiger charge is -2.41. The highest BCUT2D eigenvalue weighted by molar-refractivity contribution is 6.33. The van der Waals surface area contributed by atoms with Crippen LogP contribution in [0.2, 0.25) is 5.02 Å². The van der Waals surface area contributed by atoms with E-state index in [0.717, 1.165) is 12.8 Å². The Labute approximate surface area is 141 Å². The van der Waals surface area contributed by atoms with Gasteiger partial charge in [-0.05, 0) is 31.4 Å². The van der Waals surface area contributed by atoms with E-state index in [2.05, 4.69) is 5.32 Å². The van der Waals surface area contributed by atoms with Gasteiger partial charge in [-0.1, -0.05) is 23.7 Å². The Hall–Kier alpha value is -1.59. The molecule has 1 aliphatic heterocycles. The number of halogens is 1. The maximum Gasteiger partial charge on any atom is 0.255 e. The van der Waals surface area contributed by atoms with Gasteiger partial charge in [-0.3, -0.25) is 9.59 Å². The molecule has 0 bridgehead atoms. The Balaban J connectivity index is 2.20. The summed E-state index contributed by atoms with van der Waals surface area (Å²) < 4.78 is 5.56. The van der Waals surface area contributed by atoms with Crippen molar-refractivity contribution in [2.24, 2.45) is 0 Å². The summed E-state index contributed by atoms with van der Waals surface area (Å²) >= 11 is 6.16. The Morgan fingerprint density at radius 1 is 1.39 bits per heavy atom. The maximum absolute atomic E-state index is 12.9. The lowest BCUT2D eigenvalue weighted by atomic mass is 9.93. The van der Waals surface area contributed by atoms with E-state index >= 15 is 0 Å². The molecule has 5 nitrogen and oxygen atoms in total. The van der Waals surface area contributed by atoms with Gasteiger partial charge in [0.25, 0.3) is 5.91 Å². The Bertz CT molecular complexity index is 565. The zero-order valence-corrected chi connectivity index (χ0v) is 14.3. The van der Waals surface area contributed by atoms with E-state index in [1.165, 1.54) is 0 Å². The fraction of sp³-hybridized carbons (Fsp3) is 0.529. The van der Waals surface area contributed by atoms with Crippen LogP contribution in [0.3, 0.4) is 0 Å². The molecule has 0 radical (unpaired) electrons. The van der Waals surface area contributed by atoms with Crippen LogP contribution < -0.4 is 5.32 Å². The van der Waals surface area contributed by atoms with Gasteiger partial charge in [-0.2, -0.15) is 0 Å². The van der Waals surface area contributed by atoms with Crippen LogP contribution in [0, 0.1) is 0 Å². The molecule has 1 aliphatic rings. The molecule has 1 N–H and O–H groups in total. The lowest BCUT2D eigenvalue weighted by Crippen LogP contribution is -2.52. The van der Waals surface area contributed by atoms with Gasteiger partial charge in [0, 0.05) is 27.1 Å². The fourth-order valence-electron chi connectivity index (χ4n) is 3.08. The molecule has 2 amide bonds. The monoisotopic (exact) mass is 338 g/mol. The second-order valence-corrected chi connectivity index (χ2v) is 6.08. The zero-order valence-electron chi connectivity index (χ0n) is 13.5. The topological polar surface area (TPSA) is 58.6 Å². The second kappa shape index (κ2) is 8.31. The van der Waals surface area contributed by atoms with Crippen LogP contribution in [0.4, 0.5) is 0 Å². The minimum absolute atomic E-state index is 0.0319. The third-order valence-electron chi connectivity index (χ3n) is 4.33. The lowest BCUT2D eigenvalue weighted by molar-refractivity contribution is -0.121. The molecule has 126 valence electrons. The van der Waals surface area contributed by atoms with Crippen molar-refractivity contribution in [3.05, 3.63) is 34.9 Å². The summed E-state index contributed by atoms with van der Waals surface area (Å²) in [5.41, 5.74) is 0.496. The van der Waals surface area contributed by atoms with E-state index in [4.69, 9.17) is 16.3 Å². The van der Waals surface area contributed by atoms with Crippen molar-refractivity contribution in [3.8, 4) is 0 Å². The molecular weight excluding hydrogens is 316 g/mol. The summed E-state index contributed by atoms with van der Waals surface area (Å²) in [5.74, 6) is -0.130. The van der Waals surface area contributed by atoms with E-state index in [0.29, 0.717) is 30.0 Å². The summed E-state index contributed by atoms with van der Waals surface area (Å²) in [6, 6.07) is 6.94. The Kier molecular flexibility index (Phi) is 6.42. The van der Waals surface area contributed by atoms with Gasteiger partial charge in [0.15, 0.2) is 0 Å². The Morgan fingerprint density at radius 2 is 2.13 bits per heavy atom. The molecule has 2 rings (SSSR count). The van der Waals surface area contributed by atoms with E-state index < -0.39 is 0 Å². The van der Waals surface area contributed by atoms with E-state index in [-0.39, 0.29) is 24.0 Å². The predicted octanol–water partition coefficient (Wildman–Crippen LogP) is 2.49. The number of piperidine rings is 1. The number of hydrogen-bond acceptors (Lipinski definition) is 3. The van der Waals surface area contributed by atoms with E-state index in [1.807, 2.05) is 4.90 Å². The normalized spacial score (nSPS) is 21.1. The van der Waals surface area contributed by atoms with Crippen molar-refractivity contribution in [2.75, 3.05) is 20.7 Å². The quantitative estimate of drug-likeness (QED) is 0.897. The summed E-state index contributed by atoms with van der Waals surface area (Å²) in [4.78, 5) is 26.3. The molecule has 1 aromatic carbocycles. The molecule has 0 unspecified atom stereocenters. The minimum atomic E-state index is -0.116. The molecule has 0 spiro atoms. The first-order valence-corrected chi connectivity index (χ1v) is 8.25. The number of carbonyl (C=O) groups is 2. The first-order chi connectivity index (χ1) is 11.1. The van der Waals surface area contributed by atoms with Gasteiger partial charge >= 0.3 is 0 Å². The van der Waals surface area contributed by atoms with Crippen molar-refractivity contribution < 1.29 is 14.3 Å². The molecule has 23 heavy (non-hydrogen) atoms. The van der Waals surface area contributed by atoms with Crippen molar-refractivity contribution in [1.82, 2.24) is 10.2 Å². The number of benzene rings is 1. The van der Waals surface area contributed by atoms with Gasteiger partial charge < -0.3 is 15.0 Å². The number of likely N-dealkylation sites (tertiary alicyclic amines) is 1. The van der Waals surface area contributed by atoms with Crippen LogP contribution in [-0.4, -0.2) is 49.6 Å². The number of nitrogens with zero attached hydrogens (tertiary/aromatic N) is 1. The van der Waals surface area contributed by atoms with E-state index in [9.17, 15) is 9.59 Å². The summed E-state index contributed by atoms with van der Waals surface area (Å²) in [7, 11) is 3.27. The molecular formula is C17H23ClN2O3. The van der Waals surface area contributed by atoms with Crippen LogP contribution in [0.5, 0.6) is 0 Å².